The lowest BCUT2D eigenvalue weighted by molar-refractivity contribution is -0.117. The van der Waals surface area contributed by atoms with Crippen molar-refractivity contribution in [2.24, 2.45) is 0 Å². The summed E-state index contributed by atoms with van der Waals surface area (Å²) in [6.07, 6.45) is 3.22. The maximum absolute atomic E-state index is 13.2. The van der Waals surface area contributed by atoms with Gasteiger partial charge in [-0.05, 0) is 43.2 Å². The van der Waals surface area contributed by atoms with Gasteiger partial charge in [0.1, 0.15) is 5.76 Å². The molecule has 4 rings (SSSR count). The van der Waals surface area contributed by atoms with Crippen molar-refractivity contribution >= 4 is 17.5 Å². The van der Waals surface area contributed by atoms with Crippen molar-refractivity contribution in [3.63, 3.8) is 0 Å². The van der Waals surface area contributed by atoms with Crippen LogP contribution in [0.25, 0.3) is 0 Å². The van der Waals surface area contributed by atoms with E-state index >= 15 is 0 Å². The number of nitrogens with zero attached hydrogens (tertiary/aromatic N) is 2. The van der Waals surface area contributed by atoms with Crippen LogP contribution in [0.15, 0.2) is 62.9 Å². The third-order valence-corrected chi connectivity index (χ3v) is 5.32. The summed E-state index contributed by atoms with van der Waals surface area (Å²) in [7, 11) is 1.51. The van der Waals surface area contributed by atoms with Gasteiger partial charge in [-0.3, -0.25) is 14.5 Å². The average Bonchev–Trinajstić information content (AvgIpc) is 3.55. The van der Waals surface area contributed by atoms with Crippen LogP contribution in [-0.4, -0.2) is 35.7 Å². The Labute approximate surface area is 190 Å². The molecule has 9 heteroatoms. The molecular formula is C24H24N2O7. The molecule has 1 N–H and O–H groups in total. The number of amides is 1. The van der Waals surface area contributed by atoms with Crippen LogP contribution in [0.4, 0.5) is 5.82 Å². The van der Waals surface area contributed by atoms with E-state index in [9.17, 15) is 14.7 Å². The summed E-state index contributed by atoms with van der Waals surface area (Å²) in [5, 5.41) is 14.7. The number of rotatable bonds is 9. The average molecular weight is 452 g/mol. The third-order valence-electron chi connectivity index (χ3n) is 5.32. The van der Waals surface area contributed by atoms with Gasteiger partial charge in [-0.1, -0.05) is 24.6 Å². The largest absolute Gasteiger partial charge is 0.503 e. The van der Waals surface area contributed by atoms with Gasteiger partial charge in [0, 0.05) is 6.07 Å². The minimum atomic E-state index is -0.988. The number of furan rings is 1. The Balaban J connectivity index is 1.81. The van der Waals surface area contributed by atoms with Gasteiger partial charge < -0.3 is 23.5 Å². The zero-order valence-electron chi connectivity index (χ0n) is 18.5. The first-order valence-corrected chi connectivity index (χ1v) is 10.5. The molecule has 1 aromatic carbocycles. The predicted molar refractivity (Wildman–Crippen MR) is 118 cm³/mol. The smallest absolute Gasteiger partial charge is 0.295 e. The van der Waals surface area contributed by atoms with Gasteiger partial charge in [0.2, 0.25) is 5.78 Å². The van der Waals surface area contributed by atoms with Gasteiger partial charge in [-0.25, -0.2) is 0 Å². The molecule has 1 aliphatic rings. The number of ether oxygens (including phenoxy) is 2. The van der Waals surface area contributed by atoms with Crippen molar-refractivity contribution in [2.45, 2.75) is 32.7 Å². The van der Waals surface area contributed by atoms with E-state index in [0.717, 1.165) is 12.8 Å². The first kappa shape index (κ1) is 22.2. The number of aromatic nitrogens is 1. The lowest BCUT2D eigenvalue weighted by Gasteiger charge is -2.25. The lowest BCUT2D eigenvalue weighted by Crippen LogP contribution is -2.31. The van der Waals surface area contributed by atoms with Crippen molar-refractivity contribution < 1.29 is 33.1 Å². The molecule has 0 aliphatic carbocycles. The molecule has 1 atom stereocenters. The topological polar surface area (TPSA) is 115 Å². The quantitative estimate of drug-likeness (QED) is 0.371. The van der Waals surface area contributed by atoms with Gasteiger partial charge in [0.25, 0.3) is 5.91 Å². The number of anilines is 1. The number of Topliss-reactive ketones (excluding diaryl/α,β-unsaturated/α-hetero) is 1. The van der Waals surface area contributed by atoms with Crippen LogP contribution < -0.4 is 14.4 Å². The predicted octanol–water partition coefficient (Wildman–Crippen LogP) is 4.55. The van der Waals surface area contributed by atoms with Crippen LogP contribution in [0, 0.1) is 6.92 Å². The van der Waals surface area contributed by atoms with Gasteiger partial charge in [-0.2, -0.15) is 0 Å². The van der Waals surface area contributed by atoms with Crippen LogP contribution in [0.1, 0.15) is 47.7 Å². The highest BCUT2D eigenvalue weighted by atomic mass is 16.5. The highest BCUT2D eigenvalue weighted by molar-refractivity contribution is 6.19. The van der Waals surface area contributed by atoms with Crippen molar-refractivity contribution in [3.05, 3.63) is 71.1 Å². The summed E-state index contributed by atoms with van der Waals surface area (Å²) >= 11 is 0. The molecular weight excluding hydrogens is 428 g/mol. The van der Waals surface area contributed by atoms with E-state index in [1.54, 1.807) is 37.3 Å². The third kappa shape index (κ3) is 4.09. The molecule has 0 unspecified atom stereocenters. The Morgan fingerprint density at radius 3 is 2.70 bits per heavy atom. The lowest BCUT2D eigenvalue weighted by atomic mass is 9.94. The number of aliphatic hydroxyl groups excluding tert-OH is 1. The number of hydrogen-bond donors (Lipinski definition) is 1. The number of ketones is 1. The van der Waals surface area contributed by atoms with E-state index in [1.807, 2.05) is 0 Å². The highest BCUT2D eigenvalue weighted by Gasteiger charge is 2.46. The Morgan fingerprint density at radius 1 is 1.24 bits per heavy atom. The van der Waals surface area contributed by atoms with E-state index in [1.165, 1.54) is 24.3 Å². The van der Waals surface area contributed by atoms with Crippen molar-refractivity contribution in [1.82, 2.24) is 5.16 Å². The van der Waals surface area contributed by atoms with Crippen molar-refractivity contribution in [2.75, 3.05) is 18.6 Å². The fourth-order valence-corrected chi connectivity index (χ4v) is 3.70. The maximum Gasteiger partial charge on any atom is 0.295 e. The number of aliphatic hydroxyl groups is 1. The summed E-state index contributed by atoms with van der Waals surface area (Å²) < 4.78 is 21.7. The fraction of sp³-hybridized carbons (Fsp3) is 0.292. The number of unbranched alkanes of at least 4 members (excludes halogenated alkanes) is 1. The summed E-state index contributed by atoms with van der Waals surface area (Å²) in [5.74, 6) is -0.453. The zero-order valence-corrected chi connectivity index (χ0v) is 18.5. The van der Waals surface area contributed by atoms with E-state index < -0.39 is 23.5 Å². The van der Waals surface area contributed by atoms with E-state index in [4.69, 9.17) is 18.4 Å². The second kappa shape index (κ2) is 9.23. The number of hydrogen-bond acceptors (Lipinski definition) is 8. The first-order valence-electron chi connectivity index (χ1n) is 10.5. The summed E-state index contributed by atoms with van der Waals surface area (Å²) in [5.41, 5.74) is 0.389. The Bertz CT molecular complexity index is 1190. The first-order chi connectivity index (χ1) is 16.0. The number of carbonyl (C=O) groups is 2. The SMILES string of the molecule is CCCCOc1ccc([C@H]2C(C(=O)c3ccco3)=C(O)C(=O)N2c2cc(C)on2)cc1OC. The summed E-state index contributed by atoms with van der Waals surface area (Å²) in [6.45, 7) is 4.28. The molecule has 0 bridgehead atoms. The molecule has 0 saturated carbocycles. The molecule has 0 radical (unpaired) electrons. The molecule has 172 valence electrons. The normalized spacial score (nSPS) is 15.9. The van der Waals surface area contributed by atoms with Gasteiger partial charge >= 0.3 is 0 Å². The van der Waals surface area contributed by atoms with E-state index in [-0.39, 0.29) is 17.2 Å². The zero-order chi connectivity index (χ0) is 23.5. The molecule has 0 spiro atoms. The maximum atomic E-state index is 13.2. The minimum Gasteiger partial charge on any atom is -0.503 e. The van der Waals surface area contributed by atoms with Crippen molar-refractivity contribution in [3.8, 4) is 11.5 Å². The Kier molecular flexibility index (Phi) is 6.21. The molecule has 9 nitrogen and oxygen atoms in total. The number of carbonyl (C=O) groups excluding carboxylic acids is 2. The van der Waals surface area contributed by atoms with Crippen LogP contribution >= 0.6 is 0 Å². The summed E-state index contributed by atoms with van der Waals surface area (Å²) in [6, 6.07) is 8.70. The number of methoxy groups -OCH3 is 1. The molecule has 2 aromatic heterocycles. The molecule has 0 saturated heterocycles. The van der Waals surface area contributed by atoms with Crippen LogP contribution in [-0.2, 0) is 4.79 Å². The fourth-order valence-electron chi connectivity index (χ4n) is 3.70. The Morgan fingerprint density at radius 2 is 2.06 bits per heavy atom. The molecule has 1 aliphatic heterocycles. The summed E-state index contributed by atoms with van der Waals surface area (Å²) in [4.78, 5) is 27.5. The van der Waals surface area contributed by atoms with E-state index in [2.05, 4.69) is 12.1 Å². The molecule has 0 fully saturated rings. The number of benzene rings is 1. The molecule has 33 heavy (non-hydrogen) atoms. The molecule has 3 heterocycles. The van der Waals surface area contributed by atoms with E-state index in [0.29, 0.717) is 29.4 Å². The van der Waals surface area contributed by atoms with Gasteiger partial charge in [0.15, 0.2) is 28.8 Å². The molecule has 3 aromatic rings. The monoisotopic (exact) mass is 452 g/mol. The standard InChI is InChI=1S/C24H24N2O7/c1-4-5-10-31-16-9-8-15(13-18(16)30-3)21-20(22(27)17-7-6-11-32-17)23(28)24(29)26(21)19-12-14(2)33-25-19/h6-9,11-13,21,28H,4-5,10H2,1-3H3/t21-/m0/s1. The minimum absolute atomic E-state index is 0.000910. The second-order valence-electron chi connectivity index (χ2n) is 7.55. The van der Waals surface area contributed by atoms with Crippen LogP contribution in [0.3, 0.4) is 0 Å². The van der Waals surface area contributed by atoms with Gasteiger partial charge in [0.05, 0.1) is 31.6 Å². The number of aryl methyl sites for hydroxylation is 1. The highest BCUT2D eigenvalue weighted by Crippen LogP contribution is 2.43. The second-order valence-corrected chi connectivity index (χ2v) is 7.55. The van der Waals surface area contributed by atoms with Crippen LogP contribution in [0.5, 0.6) is 11.5 Å². The van der Waals surface area contributed by atoms with Crippen LogP contribution in [0.2, 0.25) is 0 Å². The molecule has 1 amide bonds. The van der Waals surface area contributed by atoms with Crippen molar-refractivity contribution in [1.29, 1.82) is 0 Å². The Hall–Kier alpha value is -4.01. The van der Waals surface area contributed by atoms with Gasteiger partial charge in [-0.15, -0.1) is 0 Å².